The Kier molecular flexibility index (Phi) is 5.59. The summed E-state index contributed by atoms with van der Waals surface area (Å²) in [7, 11) is 0. The summed E-state index contributed by atoms with van der Waals surface area (Å²) in [6.07, 6.45) is 1.99. The van der Waals surface area contributed by atoms with Gasteiger partial charge in [-0.15, -0.1) is 0 Å². The van der Waals surface area contributed by atoms with Gasteiger partial charge in [0.25, 0.3) is 0 Å². The lowest BCUT2D eigenvalue weighted by molar-refractivity contribution is 0.248. The van der Waals surface area contributed by atoms with Crippen LogP contribution in [0.15, 0.2) is 18.2 Å². The van der Waals surface area contributed by atoms with E-state index in [9.17, 15) is 4.79 Å². The van der Waals surface area contributed by atoms with Gasteiger partial charge in [0.2, 0.25) is 0 Å². The Hall–Kier alpha value is -0.930. The van der Waals surface area contributed by atoms with Crippen molar-refractivity contribution in [3.05, 3.63) is 28.2 Å². The second-order valence-electron chi connectivity index (χ2n) is 3.92. The first-order valence-corrected chi connectivity index (χ1v) is 6.31. The first-order valence-electron chi connectivity index (χ1n) is 5.55. The fourth-order valence-corrected chi connectivity index (χ4v) is 1.77. The summed E-state index contributed by atoms with van der Waals surface area (Å²) in [6, 6.07) is 4.90. The molecule has 0 bridgehead atoms. The molecule has 1 rings (SSSR count). The minimum Gasteiger partial charge on any atom is -0.335 e. The molecule has 0 aliphatic carbocycles. The van der Waals surface area contributed by atoms with Crippen molar-refractivity contribution in [1.82, 2.24) is 5.32 Å². The predicted molar refractivity (Wildman–Crippen MR) is 73.0 cm³/mol. The van der Waals surface area contributed by atoms with Gasteiger partial charge in [0.1, 0.15) is 0 Å². The van der Waals surface area contributed by atoms with Gasteiger partial charge in [-0.3, -0.25) is 0 Å². The van der Waals surface area contributed by atoms with E-state index in [1.54, 1.807) is 18.2 Å². The Morgan fingerprint density at radius 1 is 1.35 bits per heavy atom. The largest absolute Gasteiger partial charge is 0.335 e. The number of carbonyl (C=O) groups is 1. The van der Waals surface area contributed by atoms with Gasteiger partial charge >= 0.3 is 6.03 Å². The van der Waals surface area contributed by atoms with Crippen molar-refractivity contribution in [2.24, 2.45) is 0 Å². The van der Waals surface area contributed by atoms with Gasteiger partial charge in [0.15, 0.2) is 0 Å². The molecule has 0 spiro atoms. The van der Waals surface area contributed by atoms with Crippen molar-refractivity contribution in [2.45, 2.75) is 32.7 Å². The van der Waals surface area contributed by atoms with Crippen molar-refractivity contribution in [3.63, 3.8) is 0 Å². The molecule has 1 aromatic carbocycles. The molecule has 0 aromatic heterocycles. The zero-order valence-electron chi connectivity index (χ0n) is 9.89. The third-order valence-corrected chi connectivity index (χ3v) is 3.02. The topological polar surface area (TPSA) is 41.1 Å². The van der Waals surface area contributed by atoms with E-state index in [1.165, 1.54) is 0 Å². The van der Waals surface area contributed by atoms with Crippen molar-refractivity contribution in [3.8, 4) is 0 Å². The van der Waals surface area contributed by atoms with Crippen LogP contribution in [0.2, 0.25) is 10.0 Å². The lowest BCUT2D eigenvalue weighted by atomic mass is 10.2. The van der Waals surface area contributed by atoms with Crippen molar-refractivity contribution in [2.75, 3.05) is 5.32 Å². The fraction of sp³-hybridized carbons (Fsp3) is 0.417. The molecule has 0 aliphatic rings. The van der Waals surface area contributed by atoms with Gasteiger partial charge in [-0.05, 0) is 31.5 Å². The standard InChI is InChI=1S/C12H16Cl2N2O/c1-3-4-8(2)15-12(17)16-9-5-6-10(13)11(14)7-9/h5-8H,3-4H2,1-2H3,(H2,15,16,17)/t8-/m0/s1. The van der Waals surface area contributed by atoms with Crippen LogP contribution in [0.5, 0.6) is 0 Å². The van der Waals surface area contributed by atoms with Crippen LogP contribution in [-0.2, 0) is 0 Å². The molecule has 3 nitrogen and oxygen atoms in total. The first-order chi connectivity index (χ1) is 8.02. The third kappa shape index (κ3) is 4.84. The van der Waals surface area contributed by atoms with Crippen LogP contribution in [-0.4, -0.2) is 12.1 Å². The van der Waals surface area contributed by atoms with Crippen LogP contribution in [0.25, 0.3) is 0 Å². The van der Waals surface area contributed by atoms with E-state index >= 15 is 0 Å². The summed E-state index contributed by atoms with van der Waals surface area (Å²) < 4.78 is 0. The number of amides is 2. The summed E-state index contributed by atoms with van der Waals surface area (Å²) in [5, 5.41) is 6.44. The van der Waals surface area contributed by atoms with Crippen LogP contribution in [0.4, 0.5) is 10.5 Å². The molecule has 2 amide bonds. The molecule has 94 valence electrons. The molecule has 0 heterocycles. The van der Waals surface area contributed by atoms with Gasteiger partial charge < -0.3 is 10.6 Å². The Labute approximate surface area is 111 Å². The smallest absolute Gasteiger partial charge is 0.319 e. The average molecular weight is 275 g/mol. The van der Waals surface area contributed by atoms with Crippen molar-refractivity contribution < 1.29 is 4.79 Å². The summed E-state index contributed by atoms with van der Waals surface area (Å²) in [6.45, 7) is 4.05. The number of benzene rings is 1. The molecule has 5 heteroatoms. The van der Waals surface area contributed by atoms with Gasteiger partial charge in [0.05, 0.1) is 10.0 Å². The molecule has 2 N–H and O–H groups in total. The Morgan fingerprint density at radius 3 is 2.65 bits per heavy atom. The molecule has 1 aromatic rings. The number of carbonyl (C=O) groups excluding carboxylic acids is 1. The SMILES string of the molecule is CCC[C@H](C)NC(=O)Nc1ccc(Cl)c(Cl)c1. The van der Waals surface area contributed by atoms with Crippen LogP contribution in [0, 0.1) is 0 Å². The number of urea groups is 1. The average Bonchev–Trinajstić information content (AvgIpc) is 2.23. The van der Waals surface area contributed by atoms with E-state index in [4.69, 9.17) is 23.2 Å². The van der Waals surface area contributed by atoms with E-state index in [0.717, 1.165) is 12.8 Å². The van der Waals surface area contributed by atoms with Gasteiger partial charge in [-0.25, -0.2) is 4.79 Å². The summed E-state index contributed by atoms with van der Waals surface area (Å²) in [4.78, 5) is 11.6. The highest BCUT2D eigenvalue weighted by molar-refractivity contribution is 6.42. The van der Waals surface area contributed by atoms with E-state index in [1.807, 2.05) is 6.92 Å². The van der Waals surface area contributed by atoms with Gasteiger partial charge in [0, 0.05) is 11.7 Å². The predicted octanol–water partition coefficient (Wildman–Crippen LogP) is 4.30. The summed E-state index contributed by atoms with van der Waals surface area (Å²) >= 11 is 11.6. The van der Waals surface area contributed by atoms with E-state index in [0.29, 0.717) is 15.7 Å². The molecule has 0 saturated carbocycles. The Bertz CT molecular complexity index is 396. The van der Waals surface area contributed by atoms with E-state index < -0.39 is 0 Å². The zero-order valence-corrected chi connectivity index (χ0v) is 11.4. The summed E-state index contributed by atoms with van der Waals surface area (Å²) in [5.41, 5.74) is 0.626. The number of anilines is 1. The lowest BCUT2D eigenvalue weighted by Gasteiger charge is -2.13. The number of hydrogen-bond donors (Lipinski definition) is 2. The molecule has 17 heavy (non-hydrogen) atoms. The zero-order chi connectivity index (χ0) is 12.8. The molecule has 0 aliphatic heterocycles. The number of rotatable bonds is 4. The second-order valence-corrected chi connectivity index (χ2v) is 4.73. The van der Waals surface area contributed by atoms with Crippen molar-refractivity contribution >= 4 is 34.9 Å². The third-order valence-electron chi connectivity index (χ3n) is 2.28. The highest BCUT2D eigenvalue weighted by atomic mass is 35.5. The van der Waals surface area contributed by atoms with Crippen LogP contribution >= 0.6 is 23.2 Å². The Balaban J connectivity index is 2.53. The number of halogens is 2. The molecular weight excluding hydrogens is 259 g/mol. The highest BCUT2D eigenvalue weighted by Gasteiger charge is 2.07. The first kappa shape index (κ1) is 14.1. The molecule has 0 unspecified atom stereocenters. The van der Waals surface area contributed by atoms with Crippen LogP contribution < -0.4 is 10.6 Å². The molecule has 1 atom stereocenters. The van der Waals surface area contributed by atoms with Gasteiger partial charge in [-0.2, -0.15) is 0 Å². The van der Waals surface area contributed by atoms with Crippen LogP contribution in [0.1, 0.15) is 26.7 Å². The quantitative estimate of drug-likeness (QED) is 0.844. The molecule has 0 saturated heterocycles. The van der Waals surface area contributed by atoms with E-state index in [-0.39, 0.29) is 12.1 Å². The van der Waals surface area contributed by atoms with Gasteiger partial charge in [-0.1, -0.05) is 36.5 Å². The monoisotopic (exact) mass is 274 g/mol. The molecule has 0 radical (unpaired) electrons. The number of hydrogen-bond acceptors (Lipinski definition) is 1. The minimum absolute atomic E-state index is 0.155. The summed E-state index contributed by atoms with van der Waals surface area (Å²) in [5.74, 6) is 0. The second kappa shape index (κ2) is 6.72. The van der Waals surface area contributed by atoms with E-state index in [2.05, 4.69) is 17.6 Å². The maximum absolute atomic E-state index is 11.6. The Morgan fingerprint density at radius 2 is 2.06 bits per heavy atom. The van der Waals surface area contributed by atoms with Crippen molar-refractivity contribution in [1.29, 1.82) is 0 Å². The maximum atomic E-state index is 11.6. The number of nitrogens with one attached hydrogen (secondary N) is 2. The van der Waals surface area contributed by atoms with Crippen LogP contribution in [0.3, 0.4) is 0 Å². The lowest BCUT2D eigenvalue weighted by Crippen LogP contribution is -2.35. The highest BCUT2D eigenvalue weighted by Crippen LogP contribution is 2.24. The minimum atomic E-state index is -0.232. The molecule has 0 fully saturated rings. The maximum Gasteiger partial charge on any atom is 0.319 e. The fourth-order valence-electron chi connectivity index (χ4n) is 1.47. The normalized spacial score (nSPS) is 12.0. The molecular formula is C12H16Cl2N2O.